The maximum Gasteiger partial charge on any atom is 0.332 e. The lowest BCUT2D eigenvalue weighted by Crippen LogP contribution is -2.05. The molecule has 1 heterocycles. The van der Waals surface area contributed by atoms with Crippen molar-refractivity contribution in [3.05, 3.63) is 65.9 Å². The molecule has 0 radical (unpaired) electrons. The zero-order valence-corrected chi connectivity index (χ0v) is 15.7. The van der Waals surface area contributed by atoms with Crippen LogP contribution < -0.4 is 5.32 Å². The predicted molar refractivity (Wildman–Crippen MR) is 107 cm³/mol. The third kappa shape index (κ3) is 3.64. The number of aromatic nitrogens is 1. The van der Waals surface area contributed by atoms with Crippen molar-refractivity contribution in [3.8, 4) is 11.3 Å². The fourth-order valence-electron chi connectivity index (χ4n) is 3.12. The van der Waals surface area contributed by atoms with Crippen LogP contribution in [0.5, 0.6) is 0 Å². The van der Waals surface area contributed by atoms with Gasteiger partial charge < -0.3 is 14.6 Å². The highest BCUT2D eigenvalue weighted by Crippen LogP contribution is 2.31. The number of carbonyl (C=O) groups excluding carboxylic acids is 1. The number of benzene rings is 2. The number of hydrogen-bond donors (Lipinski definition) is 1. The number of carbonyl (C=O) groups is 1. The first-order valence-corrected chi connectivity index (χ1v) is 8.77. The average molecular weight is 348 g/mol. The molecule has 3 rings (SSSR count). The standard InChI is InChI=1S/C22H24N2O2/c1-5-26-22(25)12-16(3)23-19-13-18-14-21(17-9-7-6-8-10-17)24(4)20(18)11-15(19)2/h6-14,23H,5H2,1-4H3. The molecule has 0 saturated heterocycles. The minimum atomic E-state index is -0.331. The number of nitrogens with one attached hydrogen (secondary N) is 1. The molecule has 0 aliphatic heterocycles. The minimum absolute atomic E-state index is 0.331. The van der Waals surface area contributed by atoms with Crippen molar-refractivity contribution < 1.29 is 9.53 Å². The molecule has 1 aromatic heterocycles. The van der Waals surface area contributed by atoms with E-state index in [4.69, 9.17) is 4.74 Å². The van der Waals surface area contributed by atoms with Gasteiger partial charge in [0.1, 0.15) is 0 Å². The van der Waals surface area contributed by atoms with Gasteiger partial charge in [-0.2, -0.15) is 0 Å². The molecule has 1 N–H and O–H groups in total. The van der Waals surface area contributed by atoms with Crippen LogP contribution in [-0.2, 0) is 16.6 Å². The maximum atomic E-state index is 11.6. The topological polar surface area (TPSA) is 43.3 Å². The highest BCUT2D eigenvalue weighted by Gasteiger charge is 2.10. The van der Waals surface area contributed by atoms with Gasteiger partial charge in [0.25, 0.3) is 0 Å². The number of aryl methyl sites for hydroxylation is 2. The van der Waals surface area contributed by atoms with Crippen molar-refractivity contribution >= 4 is 22.6 Å². The predicted octanol–water partition coefficient (Wildman–Crippen LogP) is 5.03. The molecular weight excluding hydrogens is 324 g/mol. The van der Waals surface area contributed by atoms with Crippen LogP contribution in [0.2, 0.25) is 0 Å². The van der Waals surface area contributed by atoms with Crippen LogP contribution in [0, 0.1) is 6.92 Å². The zero-order chi connectivity index (χ0) is 18.7. The van der Waals surface area contributed by atoms with Crippen molar-refractivity contribution in [2.75, 3.05) is 11.9 Å². The van der Waals surface area contributed by atoms with Gasteiger partial charge in [0.15, 0.2) is 0 Å². The summed E-state index contributed by atoms with van der Waals surface area (Å²) in [6.45, 7) is 6.10. The molecule has 134 valence electrons. The van der Waals surface area contributed by atoms with Crippen LogP contribution in [0.3, 0.4) is 0 Å². The second-order valence-corrected chi connectivity index (χ2v) is 6.38. The lowest BCUT2D eigenvalue weighted by Gasteiger charge is -2.11. The molecule has 26 heavy (non-hydrogen) atoms. The number of esters is 1. The van der Waals surface area contributed by atoms with Gasteiger partial charge in [0.05, 0.1) is 6.61 Å². The van der Waals surface area contributed by atoms with Gasteiger partial charge in [0.2, 0.25) is 0 Å². The van der Waals surface area contributed by atoms with E-state index in [9.17, 15) is 4.79 Å². The Balaban J connectivity index is 1.97. The number of rotatable bonds is 5. The van der Waals surface area contributed by atoms with Gasteiger partial charge in [-0.3, -0.25) is 0 Å². The van der Waals surface area contributed by atoms with E-state index < -0.39 is 0 Å². The summed E-state index contributed by atoms with van der Waals surface area (Å²) in [6, 6.07) is 16.8. The van der Waals surface area contributed by atoms with Crippen molar-refractivity contribution in [3.63, 3.8) is 0 Å². The Bertz CT molecular complexity index is 969. The molecule has 0 amide bonds. The summed E-state index contributed by atoms with van der Waals surface area (Å²) in [5, 5.41) is 4.47. The van der Waals surface area contributed by atoms with Crippen LogP contribution in [0.4, 0.5) is 5.69 Å². The Morgan fingerprint density at radius 2 is 1.92 bits per heavy atom. The smallest absolute Gasteiger partial charge is 0.332 e. The average Bonchev–Trinajstić information content (AvgIpc) is 2.92. The van der Waals surface area contributed by atoms with Crippen LogP contribution in [0.1, 0.15) is 19.4 Å². The van der Waals surface area contributed by atoms with Crippen LogP contribution >= 0.6 is 0 Å². The Morgan fingerprint density at radius 3 is 2.62 bits per heavy atom. The van der Waals surface area contributed by atoms with E-state index in [1.165, 1.54) is 22.9 Å². The first kappa shape index (κ1) is 17.8. The summed E-state index contributed by atoms with van der Waals surface area (Å²) < 4.78 is 7.17. The van der Waals surface area contributed by atoms with Gasteiger partial charge in [0, 0.05) is 41.1 Å². The monoisotopic (exact) mass is 348 g/mol. The largest absolute Gasteiger partial charge is 0.463 e. The van der Waals surface area contributed by atoms with E-state index in [2.05, 4.69) is 66.3 Å². The van der Waals surface area contributed by atoms with Gasteiger partial charge in [-0.1, -0.05) is 30.3 Å². The Hall–Kier alpha value is -3.01. The van der Waals surface area contributed by atoms with Gasteiger partial charge >= 0.3 is 5.97 Å². The summed E-state index contributed by atoms with van der Waals surface area (Å²) in [5.41, 5.74) is 6.41. The van der Waals surface area contributed by atoms with Crippen molar-refractivity contribution in [2.45, 2.75) is 20.8 Å². The van der Waals surface area contributed by atoms with Crippen LogP contribution in [0.25, 0.3) is 22.2 Å². The molecule has 0 saturated carbocycles. The maximum absolute atomic E-state index is 11.6. The SMILES string of the molecule is CCOC(=O)C=C(C)Nc1cc2cc(-c3ccccc3)n(C)c2cc1C. The number of nitrogens with zero attached hydrogens (tertiary/aromatic N) is 1. The van der Waals surface area contributed by atoms with Gasteiger partial charge in [-0.15, -0.1) is 0 Å². The summed E-state index contributed by atoms with van der Waals surface area (Å²) in [4.78, 5) is 11.6. The number of allylic oxidation sites excluding steroid dienone is 1. The molecule has 0 spiro atoms. The second kappa shape index (κ2) is 7.48. The summed E-state index contributed by atoms with van der Waals surface area (Å²) >= 11 is 0. The Kier molecular flexibility index (Phi) is 5.12. The molecule has 3 aromatic rings. The third-order valence-electron chi connectivity index (χ3n) is 4.41. The van der Waals surface area contributed by atoms with E-state index in [1.54, 1.807) is 6.92 Å². The van der Waals surface area contributed by atoms with Crippen LogP contribution in [0.15, 0.2) is 60.3 Å². The molecule has 0 unspecified atom stereocenters. The fraction of sp³-hybridized carbons (Fsp3) is 0.227. The summed E-state index contributed by atoms with van der Waals surface area (Å²) in [5.74, 6) is -0.331. The lowest BCUT2D eigenvalue weighted by atomic mass is 10.1. The lowest BCUT2D eigenvalue weighted by molar-refractivity contribution is -0.137. The number of ether oxygens (including phenoxy) is 1. The first-order valence-electron chi connectivity index (χ1n) is 8.77. The number of hydrogen-bond acceptors (Lipinski definition) is 3. The molecule has 2 aromatic carbocycles. The summed E-state index contributed by atoms with van der Waals surface area (Å²) in [7, 11) is 2.09. The Labute approximate surface area is 154 Å². The molecule has 0 aliphatic carbocycles. The van der Waals surface area contributed by atoms with Crippen molar-refractivity contribution in [1.82, 2.24) is 4.57 Å². The highest BCUT2D eigenvalue weighted by molar-refractivity contribution is 5.91. The van der Waals surface area contributed by atoms with E-state index in [0.29, 0.717) is 6.61 Å². The normalized spacial score (nSPS) is 11.6. The molecule has 0 fully saturated rings. The van der Waals surface area contributed by atoms with E-state index in [1.807, 2.05) is 13.0 Å². The molecule has 4 heteroatoms. The van der Waals surface area contributed by atoms with E-state index in [-0.39, 0.29) is 5.97 Å². The Morgan fingerprint density at radius 1 is 1.19 bits per heavy atom. The molecule has 4 nitrogen and oxygen atoms in total. The van der Waals surface area contributed by atoms with Gasteiger partial charge in [-0.05, 0) is 50.1 Å². The molecule has 0 bridgehead atoms. The summed E-state index contributed by atoms with van der Waals surface area (Å²) in [6.07, 6.45) is 1.48. The molecule has 0 aliphatic rings. The highest BCUT2D eigenvalue weighted by atomic mass is 16.5. The van der Waals surface area contributed by atoms with Crippen LogP contribution in [-0.4, -0.2) is 17.1 Å². The number of fused-ring (bicyclic) bond motifs is 1. The number of anilines is 1. The van der Waals surface area contributed by atoms with Crippen molar-refractivity contribution in [1.29, 1.82) is 0 Å². The minimum Gasteiger partial charge on any atom is -0.463 e. The van der Waals surface area contributed by atoms with Gasteiger partial charge in [-0.25, -0.2) is 4.79 Å². The fourth-order valence-corrected chi connectivity index (χ4v) is 3.12. The first-order chi connectivity index (χ1) is 12.5. The quantitative estimate of drug-likeness (QED) is 0.519. The van der Waals surface area contributed by atoms with E-state index >= 15 is 0 Å². The third-order valence-corrected chi connectivity index (χ3v) is 4.41. The second-order valence-electron chi connectivity index (χ2n) is 6.38. The molecule has 0 atom stereocenters. The van der Waals surface area contributed by atoms with Crippen molar-refractivity contribution in [2.24, 2.45) is 7.05 Å². The molecular formula is C22H24N2O2. The van der Waals surface area contributed by atoms with E-state index in [0.717, 1.165) is 22.3 Å². The zero-order valence-electron chi connectivity index (χ0n) is 15.7.